The van der Waals surface area contributed by atoms with Crippen molar-refractivity contribution in [3.63, 3.8) is 0 Å². The molecule has 6 N–H and O–H groups in total. The lowest BCUT2D eigenvalue weighted by Gasteiger charge is -2.49. The number of piperidine rings is 1. The number of fused-ring (bicyclic) bond motifs is 1. The molecule has 5 fully saturated rings. The molecule has 20 nitrogen and oxygen atoms in total. The molecule has 20 heteroatoms. The average molecular weight is 1020 g/mol. The van der Waals surface area contributed by atoms with Crippen LogP contribution in [0.5, 0.6) is 0 Å². The molecule has 1 saturated carbocycles. The number of carbonyl (C=O) groups is 2. The van der Waals surface area contributed by atoms with Crippen LogP contribution in [0, 0.1) is 45.6 Å². The van der Waals surface area contributed by atoms with E-state index in [1.165, 1.54) is 26.2 Å². The molecule has 410 valence electrons. The number of carbonyl (C=O) groups excluding carboxylic acids is 2. The van der Waals surface area contributed by atoms with E-state index < -0.39 is 107 Å². The minimum atomic E-state index is -1.85. The fourth-order valence-electron chi connectivity index (χ4n) is 12.4. The van der Waals surface area contributed by atoms with Gasteiger partial charge in [0, 0.05) is 81.4 Å². The summed E-state index contributed by atoms with van der Waals surface area (Å²) in [5.41, 5.74) is -3.61. The van der Waals surface area contributed by atoms with Crippen LogP contribution in [-0.4, -0.2) is 196 Å². The van der Waals surface area contributed by atoms with Crippen molar-refractivity contribution >= 4 is 23.3 Å². The van der Waals surface area contributed by atoms with Crippen molar-refractivity contribution in [3.05, 3.63) is 34.4 Å². The number of esters is 1. The number of methoxy groups -OCH3 is 1. The molecule has 4 saturated heterocycles. The van der Waals surface area contributed by atoms with E-state index in [4.69, 9.17) is 28.4 Å². The number of benzene rings is 1. The second-order valence-corrected chi connectivity index (χ2v) is 22.9. The number of hydrogen-bond donors (Lipinski definition) is 6. The molecule has 4 aliphatic heterocycles. The normalized spacial score (nSPS) is 43.6. The maximum absolute atomic E-state index is 14.5. The van der Waals surface area contributed by atoms with Gasteiger partial charge in [0.1, 0.15) is 30.0 Å². The predicted molar refractivity (Wildman–Crippen MR) is 267 cm³/mol. The molecule has 0 radical (unpaired) electrons. The molecule has 72 heavy (non-hydrogen) atoms. The fraction of sp³-hybridized carbons (Fsp3) is 0.846. The van der Waals surface area contributed by atoms with Gasteiger partial charge in [-0.3, -0.25) is 19.7 Å². The van der Waals surface area contributed by atoms with Crippen LogP contribution in [0.4, 0.5) is 11.4 Å². The summed E-state index contributed by atoms with van der Waals surface area (Å²) in [6.07, 6.45) is -8.59. The third-order valence-corrected chi connectivity index (χ3v) is 17.0. The van der Waals surface area contributed by atoms with Gasteiger partial charge in [0.05, 0.1) is 46.5 Å². The largest absolute Gasteiger partial charge is 0.459 e. The zero-order chi connectivity index (χ0) is 53.4. The lowest BCUT2D eigenvalue weighted by molar-refractivity contribution is -0.384. The highest BCUT2D eigenvalue weighted by Gasteiger charge is 2.59. The summed E-state index contributed by atoms with van der Waals surface area (Å²) < 4.78 is 38.2. The third-order valence-electron chi connectivity index (χ3n) is 17.0. The fourth-order valence-corrected chi connectivity index (χ4v) is 12.4. The van der Waals surface area contributed by atoms with Gasteiger partial charge in [-0.2, -0.15) is 0 Å². The second kappa shape index (κ2) is 23.4. The van der Waals surface area contributed by atoms with E-state index in [1.54, 1.807) is 60.6 Å². The number of amides is 1. The van der Waals surface area contributed by atoms with E-state index in [2.05, 4.69) is 10.2 Å². The van der Waals surface area contributed by atoms with Gasteiger partial charge in [0.15, 0.2) is 12.6 Å². The lowest BCUT2D eigenvalue weighted by atomic mass is 9.77. The Hall–Kier alpha value is -3.12. The quantitative estimate of drug-likeness (QED) is 0.0678. The smallest absolute Gasteiger partial charge is 0.311 e. The average Bonchev–Trinajstić information content (AvgIpc) is 3.83. The molecule has 1 aliphatic carbocycles. The summed E-state index contributed by atoms with van der Waals surface area (Å²) >= 11 is 0. The molecule has 0 bridgehead atoms. The SMILES string of the molecule is CC[C@H]1OC(=O)[C@H](C)[C@@H](O[C@H]2C[C@@](C)(OC)[C@@H](O)[C@H](C)O2)[C@H](C)[C@@H](O[C@@H]2O[C@H](C)C[C@H](N(C)CCCNC(=O)C3[C@H]4CN(c5ccc([N+](=O)[O-])cc5)C[C@@H]34)[C@H]2O)[C@](C)(O)C[C@@H](C)CN(C)[C@H](C)[C@@H](O)[C@]1(C)O. The molecule has 5 aliphatic rings. The van der Waals surface area contributed by atoms with E-state index in [0.29, 0.717) is 32.5 Å². The first-order valence-corrected chi connectivity index (χ1v) is 26.2. The Bertz CT molecular complexity index is 1970. The van der Waals surface area contributed by atoms with Crippen molar-refractivity contribution < 1.29 is 68.5 Å². The summed E-state index contributed by atoms with van der Waals surface area (Å²) in [6, 6.07) is 5.49. The molecule has 6 rings (SSSR count). The highest BCUT2D eigenvalue weighted by Crippen LogP contribution is 2.53. The van der Waals surface area contributed by atoms with Gasteiger partial charge in [0.25, 0.3) is 5.69 Å². The van der Waals surface area contributed by atoms with Crippen molar-refractivity contribution in [1.82, 2.24) is 15.1 Å². The zero-order valence-corrected chi connectivity index (χ0v) is 44.9. The summed E-state index contributed by atoms with van der Waals surface area (Å²) in [4.78, 5) is 44.5. The topological polar surface area (TPSA) is 256 Å². The minimum absolute atomic E-state index is 0.0222. The first-order valence-electron chi connectivity index (χ1n) is 26.2. The van der Waals surface area contributed by atoms with Crippen molar-refractivity contribution in [1.29, 1.82) is 0 Å². The predicted octanol–water partition coefficient (Wildman–Crippen LogP) is 3.07. The molecular formula is C52H87N5O15. The first kappa shape index (κ1) is 58.1. The Kier molecular flexibility index (Phi) is 18.9. The Morgan fingerprint density at radius 1 is 0.958 bits per heavy atom. The van der Waals surface area contributed by atoms with E-state index >= 15 is 0 Å². The number of likely N-dealkylation sites (N-methyl/N-ethyl adjacent to an activating group) is 2. The van der Waals surface area contributed by atoms with Crippen LogP contribution in [-0.2, 0) is 38.0 Å². The highest BCUT2D eigenvalue weighted by atomic mass is 16.7. The van der Waals surface area contributed by atoms with E-state index in [-0.39, 0.29) is 60.6 Å². The van der Waals surface area contributed by atoms with E-state index in [9.17, 15) is 45.2 Å². The maximum Gasteiger partial charge on any atom is 0.311 e. The van der Waals surface area contributed by atoms with E-state index in [1.807, 2.05) is 37.7 Å². The number of rotatable bonds is 14. The van der Waals surface area contributed by atoms with Crippen molar-refractivity contribution in [2.75, 3.05) is 58.8 Å². The van der Waals surface area contributed by atoms with Gasteiger partial charge in [-0.1, -0.05) is 20.8 Å². The number of nitrogens with one attached hydrogen (secondary N) is 1. The molecule has 0 spiro atoms. The molecule has 1 amide bonds. The van der Waals surface area contributed by atoms with Crippen LogP contribution in [0.2, 0.25) is 0 Å². The number of cyclic esters (lactones) is 1. The van der Waals surface area contributed by atoms with Crippen molar-refractivity contribution in [2.24, 2.45) is 35.5 Å². The number of nitro groups is 1. The van der Waals surface area contributed by atoms with Gasteiger partial charge in [-0.25, -0.2) is 0 Å². The van der Waals surface area contributed by atoms with Gasteiger partial charge < -0.3 is 74.0 Å². The number of ether oxygens (including phenoxy) is 6. The molecule has 1 unspecified atom stereocenters. The molecule has 4 heterocycles. The standard InChI is InChI=1S/C52H87N5O15/c1-14-39-52(10,64)44(59)32(6)55(12)25-28(2)23-50(8,63)46(30(4)43(31(5)48(62)70-39)71-40-24-51(9,67-13)45(60)33(7)69-40)72-49-42(58)38(22-29(3)68-49)54(11)21-15-20-53-47(61)41-36-26-56(27-37(36)41)34-16-18-35(19-17-34)57(65)66/h16-19,28-33,36-46,49,58-60,63-64H,14-15,20-27H2,1-13H3,(H,53,61)/t28-,29-,30+,31-,32-,33+,36-,37+,38+,39-,40+,41?,42-,43+,44-,45+,46-,49+,50-,51-,52-/m1/s1. The van der Waals surface area contributed by atoms with Crippen LogP contribution in [0.25, 0.3) is 0 Å². The van der Waals surface area contributed by atoms with Crippen LogP contribution in [0.1, 0.15) is 101 Å². The van der Waals surface area contributed by atoms with Gasteiger partial charge in [0.2, 0.25) is 5.91 Å². The Labute approximate surface area is 426 Å². The number of hydrogen-bond acceptors (Lipinski definition) is 18. The van der Waals surface area contributed by atoms with Gasteiger partial charge in [-0.05, 0) is 125 Å². The molecular weight excluding hydrogens is 935 g/mol. The van der Waals surface area contributed by atoms with Crippen LogP contribution < -0.4 is 10.2 Å². The van der Waals surface area contributed by atoms with Crippen LogP contribution in [0.15, 0.2) is 24.3 Å². The van der Waals surface area contributed by atoms with Crippen molar-refractivity contribution in [3.8, 4) is 0 Å². The summed E-state index contributed by atoms with van der Waals surface area (Å²) in [5.74, 6) is -2.40. The minimum Gasteiger partial charge on any atom is -0.459 e. The number of anilines is 1. The van der Waals surface area contributed by atoms with Crippen LogP contribution >= 0.6 is 0 Å². The molecule has 1 aromatic carbocycles. The number of nitro benzene ring substituents is 1. The van der Waals surface area contributed by atoms with Crippen LogP contribution in [0.3, 0.4) is 0 Å². The number of non-ortho nitro benzene ring substituents is 1. The van der Waals surface area contributed by atoms with Gasteiger partial charge in [-0.15, -0.1) is 0 Å². The molecule has 1 aromatic rings. The number of aliphatic hydroxyl groups excluding tert-OH is 3. The molecule has 21 atom stereocenters. The first-order chi connectivity index (χ1) is 33.6. The number of nitrogens with zero attached hydrogens (tertiary/aromatic N) is 4. The van der Waals surface area contributed by atoms with Gasteiger partial charge >= 0.3 is 5.97 Å². The summed E-state index contributed by atoms with van der Waals surface area (Å²) in [7, 11) is 5.24. The Morgan fingerprint density at radius 2 is 1.60 bits per heavy atom. The Balaban J connectivity index is 1.18. The van der Waals surface area contributed by atoms with Crippen molar-refractivity contribution in [2.45, 2.75) is 192 Å². The lowest BCUT2D eigenvalue weighted by Crippen LogP contribution is -2.61. The maximum atomic E-state index is 14.5. The zero-order valence-electron chi connectivity index (χ0n) is 44.9. The monoisotopic (exact) mass is 1020 g/mol. The molecule has 0 aromatic heterocycles. The number of aliphatic hydroxyl groups is 5. The summed E-state index contributed by atoms with van der Waals surface area (Å²) in [6.45, 7) is 20.3. The second-order valence-electron chi connectivity index (χ2n) is 22.9. The Morgan fingerprint density at radius 3 is 2.19 bits per heavy atom. The van der Waals surface area contributed by atoms with E-state index in [0.717, 1.165) is 18.8 Å². The third kappa shape index (κ3) is 12.8. The highest BCUT2D eigenvalue weighted by molar-refractivity contribution is 5.83. The summed E-state index contributed by atoms with van der Waals surface area (Å²) in [5, 5.41) is 73.8.